The van der Waals surface area contributed by atoms with E-state index in [1.807, 2.05) is 0 Å². The van der Waals surface area contributed by atoms with Gasteiger partial charge in [0.1, 0.15) is 11.6 Å². The zero-order valence-electron chi connectivity index (χ0n) is 12.6. The second kappa shape index (κ2) is 7.23. The fourth-order valence-corrected chi connectivity index (χ4v) is 2.08. The summed E-state index contributed by atoms with van der Waals surface area (Å²) < 4.78 is 26.4. The third-order valence-corrected chi connectivity index (χ3v) is 3.45. The number of carbonyl (C=O) groups excluding carboxylic acids is 1. The van der Waals surface area contributed by atoms with Crippen LogP contribution in [0.5, 0.6) is 0 Å². The Morgan fingerprint density at radius 3 is 2.32 bits per heavy atom. The Morgan fingerprint density at radius 2 is 1.68 bits per heavy atom. The van der Waals surface area contributed by atoms with E-state index in [4.69, 9.17) is 11.6 Å². The third kappa shape index (κ3) is 4.27. The van der Waals surface area contributed by atoms with Crippen molar-refractivity contribution in [2.75, 3.05) is 10.6 Å². The summed E-state index contributed by atoms with van der Waals surface area (Å²) in [4.78, 5) is 20.1. The molecule has 8 heteroatoms. The van der Waals surface area contributed by atoms with Gasteiger partial charge in [0.2, 0.25) is 5.95 Å². The summed E-state index contributed by atoms with van der Waals surface area (Å²) >= 11 is 5.81. The molecular weight excluding hydrogens is 350 g/mol. The summed E-state index contributed by atoms with van der Waals surface area (Å²) in [6.45, 7) is 0. The summed E-state index contributed by atoms with van der Waals surface area (Å²) in [5.41, 5.74) is 0.732. The maximum Gasteiger partial charge on any atom is 0.258 e. The largest absolute Gasteiger partial charge is 0.324 e. The Kier molecular flexibility index (Phi) is 4.85. The minimum absolute atomic E-state index is 0.130. The van der Waals surface area contributed by atoms with Crippen LogP contribution in [0.1, 0.15) is 10.4 Å². The van der Waals surface area contributed by atoms with Crippen molar-refractivity contribution < 1.29 is 13.6 Å². The van der Waals surface area contributed by atoms with Gasteiger partial charge in [-0.1, -0.05) is 11.6 Å². The van der Waals surface area contributed by atoms with Crippen molar-refractivity contribution in [2.24, 2.45) is 0 Å². The summed E-state index contributed by atoms with van der Waals surface area (Å²) in [7, 11) is 0. The van der Waals surface area contributed by atoms with E-state index in [1.165, 1.54) is 12.4 Å². The molecule has 25 heavy (non-hydrogen) atoms. The maximum absolute atomic E-state index is 13.6. The number of anilines is 3. The number of rotatable bonds is 4. The molecular formula is C17H11ClF2N4O. The van der Waals surface area contributed by atoms with E-state index in [2.05, 4.69) is 20.6 Å². The number of carbonyl (C=O) groups is 1. The molecule has 126 valence electrons. The first-order valence-corrected chi connectivity index (χ1v) is 7.50. The molecule has 1 aromatic heterocycles. The Morgan fingerprint density at radius 1 is 1.00 bits per heavy atom. The van der Waals surface area contributed by atoms with Crippen LogP contribution in [0.25, 0.3) is 0 Å². The summed E-state index contributed by atoms with van der Waals surface area (Å²) in [5, 5.41) is 5.88. The lowest BCUT2D eigenvalue weighted by Crippen LogP contribution is -2.14. The number of amides is 1. The summed E-state index contributed by atoms with van der Waals surface area (Å²) in [6.07, 6.45) is 2.59. The fourth-order valence-electron chi connectivity index (χ4n) is 1.96. The van der Waals surface area contributed by atoms with E-state index in [1.54, 1.807) is 24.3 Å². The van der Waals surface area contributed by atoms with E-state index in [-0.39, 0.29) is 17.2 Å². The smallest absolute Gasteiger partial charge is 0.258 e. The van der Waals surface area contributed by atoms with Crippen molar-refractivity contribution in [2.45, 2.75) is 0 Å². The molecule has 0 spiro atoms. The number of nitrogens with zero attached hydrogens (tertiary/aromatic N) is 2. The third-order valence-electron chi connectivity index (χ3n) is 3.19. The Hall–Kier alpha value is -3.06. The number of halogens is 3. The molecule has 3 aromatic rings. The van der Waals surface area contributed by atoms with Crippen molar-refractivity contribution in [3.05, 3.63) is 77.1 Å². The lowest BCUT2D eigenvalue weighted by molar-refractivity contribution is 0.102. The summed E-state index contributed by atoms with van der Waals surface area (Å²) in [5.74, 6) is -1.91. The first kappa shape index (κ1) is 16.8. The normalized spacial score (nSPS) is 10.4. The Labute approximate surface area is 146 Å². The molecule has 3 rings (SSSR count). The number of aromatic nitrogens is 2. The van der Waals surface area contributed by atoms with Gasteiger partial charge < -0.3 is 10.6 Å². The van der Waals surface area contributed by atoms with Gasteiger partial charge in [-0.15, -0.1) is 0 Å². The van der Waals surface area contributed by atoms with Crippen molar-refractivity contribution in [1.82, 2.24) is 9.97 Å². The van der Waals surface area contributed by atoms with Crippen LogP contribution in [-0.4, -0.2) is 15.9 Å². The van der Waals surface area contributed by atoms with Crippen LogP contribution >= 0.6 is 11.6 Å². The highest BCUT2D eigenvalue weighted by Gasteiger charge is 2.11. The molecule has 0 aliphatic carbocycles. The van der Waals surface area contributed by atoms with E-state index in [0.717, 1.165) is 17.8 Å². The van der Waals surface area contributed by atoms with Gasteiger partial charge in [-0.2, -0.15) is 0 Å². The van der Waals surface area contributed by atoms with Crippen molar-refractivity contribution in [3.63, 3.8) is 0 Å². The van der Waals surface area contributed by atoms with Gasteiger partial charge in [-0.25, -0.2) is 18.7 Å². The number of nitrogens with one attached hydrogen (secondary N) is 2. The average molecular weight is 361 g/mol. The summed E-state index contributed by atoms with van der Waals surface area (Å²) in [6, 6.07) is 9.80. The lowest BCUT2D eigenvalue weighted by Gasteiger charge is -2.07. The van der Waals surface area contributed by atoms with E-state index in [9.17, 15) is 13.6 Å². The molecule has 1 amide bonds. The first-order chi connectivity index (χ1) is 12.0. The molecule has 0 saturated heterocycles. The van der Waals surface area contributed by atoms with Crippen molar-refractivity contribution in [1.29, 1.82) is 0 Å². The predicted octanol–water partition coefficient (Wildman–Crippen LogP) is 4.40. The van der Waals surface area contributed by atoms with Gasteiger partial charge in [0.25, 0.3) is 5.91 Å². The molecule has 0 saturated carbocycles. The fraction of sp³-hybridized carbons (Fsp3) is 0. The molecule has 0 unspecified atom stereocenters. The minimum atomic E-state index is -0.865. The highest BCUT2D eigenvalue weighted by molar-refractivity contribution is 6.30. The molecule has 2 aromatic carbocycles. The molecule has 0 aliphatic rings. The van der Waals surface area contributed by atoms with E-state index < -0.39 is 17.5 Å². The standard InChI is InChI=1S/C17H11ClF2N4O/c18-11-1-4-13(5-2-11)23-17-21-8-10(9-22-17)16(25)24-15-6-3-12(19)7-14(15)20/h1-9H,(H,24,25)(H,21,22,23). The second-order valence-electron chi connectivity index (χ2n) is 5.01. The van der Waals surface area contributed by atoms with Gasteiger partial charge >= 0.3 is 0 Å². The van der Waals surface area contributed by atoms with Crippen LogP contribution in [0, 0.1) is 11.6 Å². The number of hydrogen-bond donors (Lipinski definition) is 2. The highest BCUT2D eigenvalue weighted by atomic mass is 35.5. The number of benzene rings is 2. The number of hydrogen-bond acceptors (Lipinski definition) is 4. The van der Waals surface area contributed by atoms with Crippen LogP contribution in [0.3, 0.4) is 0 Å². The van der Waals surface area contributed by atoms with E-state index in [0.29, 0.717) is 11.1 Å². The van der Waals surface area contributed by atoms with Crippen molar-refractivity contribution in [3.8, 4) is 0 Å². The van der Waals surface area contributed by atoms with Gasteiger partial charge in [-0.3, -0.25) is 4.79 Å². The molecule has 0 radical (unpaired) electrons. The highest BCUT2D eigenvalue weighted by Crippen LogP contribution is 2.18. The maximum atomic E-state index is 13.6. The van der Waals surface area contributed by atoms with Crippen LogP contribution in [0.15, 0.2) is 54.9 Å². The van der Waals surface area contributed by atoms with Gasteiger partial charge in [0.05, 0.1) is 11.3 Å². The van der Waals surface area contributed by atoms with Crippen LogP contribution < -0.4 is 10.6 Å². The molecule has 0 atom stereocenters. The van der Waals surface area contributed by atoms with Gasteiger partial charge in [-0.05, 0) is 36.4 Å². The Balaban J connectivity index is 1.68. The molecule has 1 heterocycles. The predicted molar refractivity (Wildman–Crippen MR) is 91.1 cm³/mol. The zero-order chi connectivity index (χ0) is 17.8. The SMILES string of the molecule is O=C(Nc1ccc(F)cc1F)c1cnc(Nc2ccc(Cl)cc2)nc1. The molecule has 5 nitrogen and oxygen atoms in total. The Bertz CT molecular complexity index is 902. The second-order valence-corrected chi connectivity index (χ2v) is 5.44. The molecule has 0 bridgehead atoms. The van der Waals surface area contributed by atoms with Gasteiger partial charge in [0.15, 0.2) is 0 Å². The quantitative estimate of drug-likeness (QED) is 0.723. The monoisotopic (exact) mass is 360 g/mol. The zero-order valence-corrected chi connectivity index (χ0v) is 13.4. The first-order valence-electron chi connectivity index (χ1n) is 7.12. The molecule has 0 aliphatic heterocycles. The van der Waals surface area contributed by atoms with Crippen molar-refractivity contribution >= 4 is 34.8 Å². The molecule has 2 N–H and O–H groups in total. The average Bonchev–Trinajstić information content (AvgIpc) is 2.60. The van der Waals surface area contributed by atoms with Crippen LogP contribution in [0.2, 0.25) is 5.02 Å². The minimum Gasteiger partial charge on any atom is -0.324 e. The van der Waals surface area contributed by atoms with Crippen LogP contribution in [0.4, 0.5) is 26.1 Å². The topological polar surface area (TPSA) is 66.9 Å². The van der Waals surface area contributed by atoms with E-state index >= 15 is 0 Å². The molecule has 0 fully saturated rings. The lowest BCUT2D eigenvalue weighted by atomic mass is 10.2. The van der Waals surface area contributed by atoms with Gasteiger partial charge in [0, 0.05) is 29.2 Å². The van der Waals surface area contributed by atoms with Crippen LogP contribution in [-0.2, 0) is 0 Å².